The molecule has 0 aliphatic carbocycles. The Labute approximate surface area is 104 Å². The lowest BCUT2D eigenvalue weighted by Gasteiger charge is -2.22. The standard InChI is InChI=1S/C11H25BrO2Si/c1-13-15(3,14-2)11-9-7-5-4-6-8-10-12/h4-11H2,1-3H3. The van der Waals surface area contributed by atoms with Crippen molar-refractivity contribution >= 4 is 24.5 Å². The van der Waals surface area contributed by atoms with Gasteiger partial charge in [-0.15, -0.1) is 0 Å². The number of halogens is 1. The Hall–Kier alpha value is 0.617. The zero-order valence-corrected chi connectivity index (χ0v) is 12.9. The second-order valence-electron chi connectivity index (χ2n) is 4.10. The normalized spacial score (nSPS) is 12.0. The zero-order chi connectivity index (χ0) is 11.6. The fourth-order valence-electron chi connectivity index (χ4n) is 1.54. The van der Waals surface area contributed by atoms with E-state index in [0.29, 0.717) is 0 Å². The van der Waals surface area contributed by atoms with Crippen LogP contribution in [0.1, 0.15) is 38.5 Å². The number of unbranched alkanes of at least 4 members (excludes halogenated alkanes) is 5. The van der Waals surface area contributed by atoms with Gasteiger partial charge in [-0.1, -0.05) is 48.0 Å². The molecule has 0 bridgehead atoms. The van der Waals surface area contributed by atoms with Gasteiger partial charge in [0.1, 0.15) is 0 Å². The van der Waals surface area contributed by atoms with Crippen LogP contribution in [0.4, 0.5) is 0 Å². The van der Waals surface area contributed by atoms with Crippen LogP contribution in [-0.4, -0.2) is 28.1 Å². The molecule has 0 amide bonds. The van der Waals surface area contributed by atoms with Crippen molar-refractivity contribution in [3.63, 3.8) is 0 Å². The summed E-state index contributed by atoms with van der Waals surface area (Å²) in [5, 5.41) is 1.14. The highest BCUT2D eigenvalue weighted by Gasteiger charge is 2.27. The van der Waals surface area contributed by atoms with Crippen LogP contribution in [0.2, 0.25) is 12.6 Å². The second kappa shape index (κ2) is 9.82. The molecule has 4 heteroatoms. The van der Waals surface area contributed by atoms with Crippen molar-refractivity contribution in [3.05, 3.63) is 0 Å². The Bertz CT molecular complexity index is 141. The summed E-state index contributed by atoms with van der Waals surface area (Å²) in [6.45, 7) is 2.14. The third-order valence-corrected chi connectivity index (χ3v) is 6.43. The molecule has 0 saturated carbocycles. The van der Waals surface area contributed by atoms with Crippen LogP contribution in [0, 0.1) is 0 Å². The molecular formula is C11H25BrO2Si. The first kappa shape index (κ1) is 15.6. The summed E-state index contributed by atoms with van der Waals surface area (Å²) in [5.41, 5.74) is 0. The van der Waals surface area contributed by atoms with E-state index in [1.54, 1.807) is 14.2 Å². The maximum atomic E-state index is 5.44. The maximum absolute atomic E-state index is 5.44. The summed E-state index contributed by atoms with van der Waals surface area (Å²) in [6.07, 6.45) is 7.95. The molecule has 0 radical (unpaired) electrons. The van der Waals surface area contributed by atoms with Crippen LogP contribution < -0.4 is 0 Å². The zero-order valence-electron chi connectivity index (χ0n) is 10.4. The second-order valence-corrected chi connectivity index (χ2v) is 8.48. The Balaban J connectivity index is 3.29. The van der Waals surface area contributed by atoms with Crippen molar-refractivity contribution in [2.75, 3.05) is 19.5 Å². The number of hydrogen-bond donors (Lipinski definition) is 0. The fourth-order valence-corrected chi connectivity index (χ4v) is 3.40. The first-order valence-corrected chi connectivity index (χ1v) is 9.49. The summed E-state index contributed by atoms with van der Waals surface area (Å²) in [7, 11) is 1.76. The SMILES string of the molecule is CO[Si](C)(CCCCCCCCBr)OC. The molecule has 0 atom stereocenters. The molecule has 0 fully saturated rings. The van der Waals surface area contributed by atoms with E-state index in [2.05, 4.69) is 22.5 Å². The maximum Gasteiger partial charge on any atom is 0.334 e. The Morgan fingerprint density at radius 2 is 1.33 bits per heavy atom. The quantitative estimate of drug-likeness (QED) is 0.343. The fraction of sp³-hybridized carbons (Fsp3) is 1.00. The highest BCUT2D eigenvalue weighted by atomic mass is 79.9. The number of hydrogen-bond acceptors (Lipinski definition) is 2. The largest absolute Gasteiger partial charge is 0.398 e. The predicted molar refractivity (Wildman–Crippen MR) is 71.9 cm³/mol. The Morgan fingerprint density at radius 1 is 0.867 bits per heavy atom. The van der Waals surface area contributed by atoms with E-state index in [0.717, 1.165) is 11.4 Å². The Morgan fingerprint density at radius 3 is 1.80 bits per heavy atom. The van der Waals surface area contributed by atoms with Crippen molar-refractivity contribution < 1.29 is 8.85 Å². The molecule has 0 heterocycles. The molecule has 0 rings (SSSR count). The lowest BCUT2D eigenvalue weighted by atomic mass is 10.1. The van der Waals surface area contributed by atoms with E-state index in [9.17, 15) is 0 Å². The van der Waals surface area contributed by atoms with E-state index in [4.69, 9.17) is 8.85 Å². The average molecular weight is 297 g/mol. The van der Waals surface area contributed by atoms with Gasteiger partial charge < -0.3 is 8.85 Å². The van der Waals surface area contributed by atoms with E-state index in [1.807, 2.05) is 0 Å². The molecular weight excluding hydrogens is 272 g/mol. The monoisotopic (exact) mass is 296 g/mol. The average Bonchev–Trinajstić information content (AvgIpc) is 2.27. The van der Waals surface area contributed by atoms with Gasteiger partial charge >= 0.3 is 8.56 Å². The lowest BCUT2D eigenvalue weighted by Crippen LogP contribution is -2.35. The van der Waals surface area contributed by atoms with E-state index < -0.39 is 8.56 Å². The molecule has 0 N–H and O–H groups in total. The molecule has 2 nitrogen and oxygen atoms in total. The van der Waals surface area contributed by atoms with Crippen molar-refractivity contribution in [3.8, 4) is 0 Å². The summed E-state index contributed by atoms with van der Waals surface area (Å²) in [5.74, 6) is 0. The van der Waals surface area contributed by atoms with Gasteiger partial charge in [-0.3, -0.25) is 0 Å². The smallest absolute Gasteiger partial charge is 0.334 e. The van der Waals surface area contributed by atoms with Gasteiger partial charge in [0, 0.05) is 19.5 Å². The van der Waals surface area contributed by atoms with E-state index in [1.165, 1.54) is 38.5 Å². The summed E-state index contributed by atoms with van der Waals surface area (Å²) < 4.78 is 10.9. The molecule has 0 aromatic carbocycles. The van der Waals surface area contributed by atoms with Gasteiger partial charge in [0.2, 0.25) is 0 Å². The highest BCUT2D eigenvalue weighted by molar-refractivity contribution is 9.09. The van der Waals surface area contributed by atoms with E-state index in [-0.39, 0.29) is 0 Å². The van der Waals surface area contributed by atoms with Crippen LogP contribution >= 0.6 is 15.9 Å². The lowest BCUT2D eigenvalue weighted by molar-refractivity contribution is 0.248. The highest BCUT2D eigenvalue weighted by Crippen LogP contribution is 2.17. The Kier molecular flexibility index (Phi) is 10.2. The van der Waals surface area contributed by atoms with Crippen LogP contribution in [-0.2, 0) is 8.85 Å². The predicted octanol–water partition coefficient (Wildman–Crippen LogP) is 4.09. The molecule has 92 valence electrons. The molecule has 0 aliphatic rings. The number of rotatable bonds is 10. The van der Waals surface area contributed by atoms with Crippen molar-refractivity contribution in [2.45, 2.75) is 51.1 Å². The minimum atomic E-state index is -1.78. The molecule has 0 aromatic heterocycles. The molecule has 15 heavy (non-hydrogen) atoms. The van der Waals surface area contributed by atoms with Gasteiger partial charge in [-0.2, -0.15) is 0 Å². The first-order valence-electron chi connectivity index (χ1n) is 5.85. The topological polar surface area (TPSA) is 18.5 Å². The van der Waals surface area contributed by atoms with Gasteiger partial charge in [0.15, 0.2) is 0 Å². The molecule has 0 saturated heterocycles. The minimum absolute atomic E-state index is 1.12. The molecule has 0 aliphatic heterocycles. The van der Waals surface area contributed by atoms with Gasteiger partial charge in [-0.25, -0.2) is 0 Å². The van der Waals surface area contributed by atoms with Crippen LogP contribution in [0.5, 0.6) is 0 Å². The molecule has 0 aromatic rings. The third-order valence-electron chi connectivity index (χ3n) is 2.88. The third kappa shape index (κ3) is 8.43. The van der Waals surface area contributed by atoms with Gasteiger partial charge in [-0.05, 0) is 19.0 Å². The van der Waals surface area contributed by atoms with Crippen molar-refractivity contribution in [1.29, 1.82) is 0 Å². The van der Waals surface area contributed by atoms with Crippen molar-refractivity contribution in [1.82, 2.24) is 0 Å². The molecule has 0 spiro atoms. The van der Waals surface area contributed by atoms with Crippen molar-refractivity contribution in [2.24, 2.45) is 0 Å². The van der Waals surface area contributed by atoms with Crippen LogP contribution in [0.25, 0.3) is 0 Å². The summed E-state index contributed by atoms with van der Waals surface area (Å²) >= 11 is 3.45. The molecule has 0 unspecified atom stereocenters. The van der Waals surface area contributed by atoms with Gasteiger partial charge in [0.05, 0.1) is 0 Å². The first-order chi connectivity index (χ1) is 7.18. The summed E-state index contributed by atoms with van der Waals surface area (Å²) in [4.78, 5) is 0. The minimum Gasteiger partial charge on any atom is -0.398 e. The van der Waals surface area contributed by atoms with Crippen LogP contribution in [0.3, 0.4) is 0 Å². The van der Waals surface area contributed by atoms with Crippen LogP contribution in [0.15, 0.2) is 0 Å². The van der Waals surface area contributed by atoms with E-state index >= 15 is 0 Å². The summed E-state index contributed by atoms with van der Waals surface area (Å²) in [6, 6.07) is 1.12. The number of alkyl halides is 1. The van der Waals surface area contributed by atoms with Gasteiger partial charge in [0.25, 0.3) is 0 Å².